The number of esters is 1. The highest BCUT2D eigenvalue weighted by atomic mass is 16.5. The number of urea groups is 1. The smallest absolute Gasteiger partial charge is 0.337 e. The van der Waals surface area contributed by atoms with Crippen molar-refractivity contribution in [2.75, 3.05) is 20.8 Å². The highest BCUT2D eigenvalue weighted by Crippen LogP contribution is 2.36. The first-order chi connectivity index (χ1) is 14.5. The summed E-state index contributed by atoms with van der Waals surface area (Å²) in [6.45, 7) is 4.49. The number of ether oxygens (including phenoxy) is 3. The molecule has 0 radical (unpaired) electrons. The van der Waals surface area contributed by atoms with Gasteiger partial charge in [0.05, 0.1) is 39.0 Å². The zero-order valence-electron chi connectivity index (χ0n) is 17.6. The lowest BCUT2D eigenvalue weighted by Gasteiger charge is -2.35. The SMILES string of the molecule is CCOc1ccc(C2NC(=O)N(Cc3ccccc3)C(C)=C2C(=O)OC)cc1OC. The van der Waals surface area contributed by atoms with Crippen molar-refractivity contribution >= 4 is 12.0 Å². The second-order valence-corrected chi connectivity index (χ2v) is 6.79. The van der Waals surface area contributed by atoms with E-state index in [-0.39, 0.29) is 6.03 Å². The number of methoxy groups -OCH3 is 2. The summed E-state index contributed by atoms with van der Waals surface area (Å²) in [6.07, 6.45) is 0. The molecule has 0 saturated carbocycles. The van der Waals surface area contributed by atoms with Gasteiger partial charge in [-0.15, -0.1) is 0 Å². The van der Waals surface area contributed by atoms with Gasteiger partial charge in [-0.2, -0.15) is 0 Å². The third-order valence-corrected chi connectivity index (χ3v) is 5.01. The standard InChI is InChI=1S/C23H26N2O5/c1-5-30-18-12-11-17(13-19(18)28-3)21-20(22(26)29-4)15(2)25(23(27)24-21)14-16-9-7-6-8-10-16/h6-13,21H,5,14H2,1-4H3,(H,24,27). The molecule has 1 N–H and O–H groups in total. The van der Waals surface area contributed by atoms with Gasteiger partial charge in [0.1, 0.15) is 0 Å². The molecule has 0 saturated heterocycles. The number of hydrogen-bond acceptors (Lipinski definition) is 5. The minimum Gasteiger partial charge on any atom is -0.493 e. The average Bonchev–Trinajstić information content (AvgIpc) is 2.77. The van der Waals surface area contributed by atoms with Gasteiger partial charge in [-0.05, 0) is 37.1 Å². The Morgan fingerprint density at radius 2 is 1.83 bits per heavy atom. The van der Waals surface area contributed by atoms with Crippen molar-refractivity contribution in [1.29, 1.82) is 0 Å². The average molecular weight is 410 g/mol. The molecule has 1 heterocycles. The predicted molar refractivity (Wildman–Crippen MR) is 112 cm³/mol. The van der Waals surface area contributed by atoms with Crippen LogP contribution in [0.3, 0.4) is 0 Å². The van der Waals surface area contributed by atoms with Gasteiger partial charge in [-0.25, -0.2) is 9.59 Å². The quantitative estimate of drug-likeness (QED) is 0.703. The molecule has 1 aliphatic rings. The Morgan fingerprint density at radius 1 is 1.10 bits per heavy atom. The lowest BCUT2D eigenvalue weighted by atomic mass is 9.94. The monoisotopic (exact) mass is 410 g/mol. The molecule has 3 rings (SSSR count). The molecular weight excluding hydrogens is 384 g/mol. The van der Waals surface area contributed by atoms with E-state index in [9.17, 15) is 9.59 Å². The van der Waals surface area contributed by atoms with Gasteiger partial charge in [-0.1, -0.05) is 36.4 Å². The number of allylic oxidation sites excluding steroid dienone is 1. The number of rotatable bonds is 7. The first-order valence-electron chi connectivity index (χ1n) is 9.71. The first-order valence-corrected chi connectivity index (χ1v) is 9.71. The summed E-state index contributed by atoms with van der Waals surface area (Å²) < 4.78 is 16.0. The van der Waals surface area contributed by atoms with Crippen molar-refractivity contribution in [1.82, 2.24) is 10.2 Å². The first kappa shape index (κ1) is 21.2. The zero-order valence-corrected chi connectivity index (χ0v) is 17.6. The van der Waals surface area contributed by atoms with Crippen LogP contribution in [0.4, 0.5) is 4.79 Å². The van der Waals surface area contributed by atoms with Crippen molar-refractivity contribution in [3.8, 4) is 11.5 Å². The van der Waals surface area contributed by atoms with Gasteiger partial charge in [-0.3, -0.25) is 4.90 Å². The molecule has 0 bridgehead atoms. The second-order valence-electron chi connectivity index (χ2n) is 6.79. The highest BCUT2D eigenvalue weighted by Gasteiger charge is 2.36. The van der Waals surface area contributed by atoms with Crippen LogP contribution in [0.15, 0.2) is 59.8 Å². The minimum absolute atomic E-state index is 0.290. The summed E-state index contributed by atoms with van der Waals surface area (Å²) >= 11 is 0. The third-order valence-electron chi connectivity index (χ3n) is 5.01. The summed E-state index contributed by atoms with van der Waals surface area (Å²) in [4.78, 5) is 27.2. The Morgan fingerprint density at radius 3 is 2.47 bits per heavy atom. The van der Waals surface area contributed by atoms with Crippen LogP contribution in [0.1, 0.15) is 31.0 Å². The van der Waals surface area contributed by atoms with Crippen molar-refractivity contribution in [2.45, 2.75) is 26.4 Å². The van der Waals surface area contributed by atoms with E-state index in [1.165, 1.54) is 7.11 Å². The molecule has 7 heteroatoms. The molecule has 0 fully saturated rings. The lowest BCUT2D eigenvalue weighted by molar-refractivity contribution is -0.136. The van der Waals surface area contributed by atoms with Gasteiger partial charge in [0.25, 0.3) is 0 Å². The van der Waals surface area contributed by atoms with Crippen molar-refractivity contribution in [3.63, 3.8) is 0 Å². The Labute approximate surface area is 176 Å². The van der Waals surface area contributed by atoms with E-state index in [0.717, 1.165) is 5.56 Å². The van der Waals surface area contributed by atoms with Crippen LogP contribution in [0.2, 0.25) is 0 Å². The van der Waals surface area contributed by atoms with Crippen LogP contribution in [0, 0.1) is 0 Å². The fourth-order valence-corrected chi connectivity index (χ4v) is 3.50. The summed E-state index contributed by atoms with van der Waals surface area (Å²) in [5.74, 6) is 0.623. The van der Waals surface area contributed by atoms with E-state index < -0.39 is 12.0 Å². The maximum atomic E-state index is 12.9. The van der Waals surface area contributed by atoms with Crippen LogP contribution in [0.5, 0.6) is 11.5 Å². The second kappa shape index (κ2) is 9.35. The molecule has 2 amide bonds. The van der Waals surface area contributed by atoms with Crippen molar-refractivity contribution in [3.05, 3.63) is 70.9 Å². The minimum atomic E-state index is -0.665. The van der Waals surface area contributed by atoms with E-state index in [2.05, 4.69) is 5.32 Å². The van der Waals surface area contributed by atoms with Crippen LogP contribution >= 0.6 is 0 Å². The van der Waals surface area contributed by atoms with E-state index in [0.29, 0.717) is 41.5 Å². The molecular formula is C23H26N2O5. The van der Waals surface area contributed by atoms with Gasteiger partial charge >= 0.3 is 12.0 Å². The van der Waals surface area contributed by atoms with Crippen molar-refractivity contribution < 1.29 is 23.8 Å². The Balaban J connectivity index is 2.03. The number of carbonyl (C=O) groups is 2. The summed E-state index contributed by atoms with van der Waals surface area (Å²) in [5.41, 5.74) is 2.58. The Hall–Kier alpha value is -3.48. The topological polar surface area (TPSA) is 77.1 Å². The molecule has 0 spiro atoms. The zero-order chi connectivity index (χ0) is 21.7. The normalized spacial score (nSPS) is 16.2. The molecule has 2 aromatic rings. The summed E-state index contributed by atoms with van der Waals surface area (Å²) in [7, 11) is 2.88. The maximum Gasteiger partial charge on any atom is 0.337 e. The van der Waals surface area contributed by atoms with E-state index in [4.69, 9.17) is 14.2 Å². The lowest BCUT2D eigenvalue weighted by Crippen LogP contribution is -2.47. The molecule has 2 aromatic carbocycles. The Kier molecular flexibility index (Phi) is 6.61. The van der Waals surface area contributed by atoms with E-state index >= 15 is 0 Å². The summed E-state index contributed by atoms with van der Waals surface area (Å²) in [6, 6.07) is 14.0. The van der Waals surface area contributed by atoms with Crippen LogP contribution in [-0.4, -0.2) is 37.7 Å². The molecule has 7 nitrogen and oxygen atoms in total. The fraction of sp³-hybridized carbons (Fsp3) is 0.304. The van der Waals surface area contributed by atoms with Crippen LogP contribution in [0.25, 0.3) is 0 Å². The van der Waals surface area contributed by atoms with Gasteiger partial charge in [0.15, 0.2) is 11.5 Å². The molecule has 1 atom stereocenters. The predicted octanol–water partition coefficient (Wildman–Crippen LogP) is 3.81. The molecule has 30 heavy (non-hydrogen) atoms. The number of nitrogens with zero attached hydrogens (tertiary/aromatic N) is 1. The highest BCUT2D eigenvalue weighted by molar-refractivity contribution is 5.95. The van der Waals surface area contributed by atoms with Gasteiger partial charge < -0.3 is 19.5 Å². The van der Waals surface area contributed by atoms with E-state index in [1.54, 1.807) is 31.1 Å². The molecule has 1 aliphatic heterocycles. The van der Waals surface area contributed by atoms with Gasteiger partial charge in [0, 0.05) is 5.70 Å². The van der Waals surface area contributed by atoms with Crippen LogP contribution < -0.4 is 14.8 Å². The Bertz CT molecular complexity index is 955. The fourth-order valence-electron chi connectivity index (χ4n) is 3.50. The number of hydrogen-bond donors (Lipinski definition) is 1. The number of amides is 2. The number of carbonyl (C=O) groups excluding carboxylic acids is 2. The molecule has 0 aromatic heterocycles. The van der Waals surface area contributed by atoms with E-state index in [1.807, 2.05) is 43.3 Å². The number of benzene rings is 2. The third kappa shape index (κ3) is 4.25. The molecule has 0 aliphatic carbocycles. The number of nitrogens with one attached hydrogen (secondary N) is 1. The van der Waals surface area contributed by atoms with Crippen molar-refractivity contribution in [2.24, 2.45) is 0 Å². The maximum absolute atomic E-state index is 12.9. The summed E-state index contributed by atoms with van der Waals surface area (Å²) in [5, 5.41) is 2.93. The largest absolute Gasteiger partial charge is 0.493 e. The van der Waals surface area contributed by atoms with Gasteiger partial charge in [0.2, 0.25) is 0 Å². The molecule has 1 unspecified atom stereocenters. The van der Waals surface area contributed by atoms with Crippen LogP contribution in [-0.2, 0) is 16.1 Å². The molecule has 158 valence electrons.